The largest absolute Gasteiger partial charge is 0.399 e. The summed E-state index contributed by atoms with van der Waals surface area (Å²) in [7, 11) is 0. The van der Waals surface area contributed by atoms with Crippen molar-refractivity contribution in [3.63, 3.8) is 0 Å². The number of carbonyl (C=O) groups excluding carboxylic acids is 1. The van der Waals surface area contributed by atoms with Gasteiger partial charge >= 0.3 is 0 Å². The van der Waals surface area contributed by atoms with Crippen molar-refractivity contribution in [1.82, 2.24) is 4.90 Å². The maximum atomic E-state index is 12.2. The van der Waals surface area contributed by atoms with Gasteiger partial charge < -0.3 is 15.4 Å². The molecule has 0 saturated carbocycles. The molecule has 0 aliphatic rings. The van der Waals surface area contributed by atoms with E-state index in [9.17, 15) is 4.79 Å². The van der Waals surface area contributed by atoms with Gasteiger partial charge in [0.15, 0.2) is 0 Å². The van der Waals surface area contributed by atoms with E-state index in [2.05, 4.69) is 6.92 Å². The van der Waals surface area contributed by atoms with E-state index in [0.717, 1.165) is 24.2 Å². The van der Waals surface area contributed by atoms with Gasteiger partial charge in [-0.3, -0.25) is 4.79 Å². The van der Waals surface area contributed by atoms with E-state index in [1.807, 2.05) is 49.9 Å². The number of amides is 1. The smallest absolute Gasteiger partial charge is 0.248 e. The lowest BCUT2D eigenvalue weighted by atomic mass is 10.2. The van der Waals surface area contributed by atoms with Gasteiger partial charge in [-0.1, -0.05) is 19.1 Å². The van der Waals surface area contributed by atoms with Gasteiger partial charge in [0, 0.05) is 18.8 Å². The minimum atomic E-state index is -0.301. The molecule has 0 spiro atoms. The Kier molecular flexibility index (Phi) is 6.02. The minimum Gasteiger partial charge on any atom is -0.399 e. The molecule has 0 unspecified atom stereocenters. The Labute approximate surface area is 121 Å². The lowest BCUT2D eigenvalue weighted by molar-refractivity contribution is -0.141. The molecule has 1 aromatic rings. The molecule has 1 aromatic carbocycles. The number of nitrogens with zero attached hydrogens (tertiary/aromatic N) is 1. The van der Waals surface area contributed by atoms with Gasteiger partial charge in [-0.05, 0) is 44.9 Å². The number of rotatable bonds is 6. The van der Waals surface area contributed by atoms with Crippen LogP contribution in [0.25, 0.3) is 0 Å². The van der Waals surface area contributed by atoms with Crippen molar-refractivity contribution in [3.05, 3.63) is 29.8 Å². The molecule has 4 nitrogen and oxygen atoms in total. The molecule has 0 atom stereocenters. The van der Waals surface area contributed by atoms with Crippen LogP contribution >= 0.6 is 0 Å². The molecule has 1 rings (SSSR count). The maximum Gasteiger partial charge on any atom is 0.248 e. The standard InChI is InChI=1S/C16H26N2O2/c1-5-9-18(15(19)12-20-16(2,3)4)11-13-7-6-8-14(17)10-13/h6-8,10H,5,9,11-12,17H2,1-4H3. The Morgan fingerprint density at radius 1 is 1.35 bits per heavy atom. The summed E-state index contributed by atoms with van der Waals surface area (Å²) >= 11 is 0. The summed E-state index contributed by atoms with van der Waals surface area (Å²) in [5.74, 6) is 0.0178. The second-order valence-electron chi connectivity index (χ2n) is 5.96. The molecular weight excluding hydrogens is 252 g/mol. The monoisotopic (exact) mass is 278 g/mol. The number of anilines is 1. The summed E-state index contributed by atoms with van der Waals surface area (Å²) < 4.78 is 5.56. The van der Waals surface area contributed by atoms with Crippen LogP contribution in [0.5, 0.6) is 0 Å². The van der Waals surface area contributed by atoms with E-state index >= 15 is 0 Å². The van der Waals surface area contributed by atoms with Gasteiger partial charge in [0.2, 0.25) is 5.91 Å². The summed E-state index contributed by atoms with van der Waals surface area (Å²) in [6, 6.07) is 7.64. The first kappa shape index (κ1) is 16.5. The van der Waals surface area contributed by atoms with E-state index in [-0.39, 0.29) is 18.1 Å². The molecule has 0 aliphatic carbocycles. The highest BCUT2D eigenvalue weighted by molar-refractivity contribution is 5.77. The number of nitrogens with two attached hydrogens (primary N) is 1. The number of hydrogen-bond acceptors (Lipinski definition) is 3. The van der Waals surface area contributed by atoms with Crippen LogP contribution in [0.2, 0.25) is 0 Å². The molecule has 20 heavy (non-hydrogen) atoms. The van der Waals surface area contributed by atoms with Gasteiger partial charge in [-0.2, -0.15) is 0 Å². The number of hydrogen-bond donors (Lipinski definition) is 1. The van der Waals surface area contributed by atoms with Crippen LogP contribution in [-0.2, 0) is 16.1 Å². The summed E-state index contributed by atoms with van der Waals surface area (Å²) in [6.45, 7) is 9.31. The topological polar surface area (TPSA) is 55.6 Å². The molecule has 0 fully saturated rings. The number of carbonyl (C=O) groups is 1. The fourth-order valence-corrected chi connectivity index (χ4v) is 1.84. The Morgan fingerprint density at radius 3 is 2.60 bits per heavy atom. The summed E-state index contributed by atoms with van der Waals surface area (Å²) in [6.07, 6.45) is 0.920. The molecule has 0 heterocycles. The third-order valence-corrected chi connectivity index (χ3v) is 2.80. The van der Waals surface area contributed by atoms with Crippen molar-refractivity contribution in [2.24, 2.45) is 0 Å². The zero-order valence-corrected chi connectivity index (χ0v) is 13.0. The van der Waals surface area contributed by atoms with Crippen molar-refractivity contribution < 1.29 is 9.53 Å². The second kappa shape index (κ2) is 7.29. The zero-order chi connectivity index (χ0) is 15.2. The van der Waals surface area contributed by atoms with Crippen LogP contribution in [0.3, 0.4) is 0 Å². The Balaban J connectivity index is 2.66. The highest BCUT2D eigenvalue weighted by Crippen LogP contribution is 2.12. The van der Waals surface area contributed by atoms with E-state index in [0.29, 0.717) is 6.54 Å². The molecule has 2 N–H and O–H groups in total. The molecule has 0 aromatic heterocycles. The van der Waals surface area contributed by atoms with Crippen molar-refractivity contribution in [2.45, 2.75) is 46.3 Å². The Bertz CT molecular complexity index is 438. The van der Waals surface area contributed by atoms with Crippen LogP contribution in [-0.4, -0.2) is 29.6 Å². The lowest BCUT2D eigenvalue weighted by Crippen LogP contribution is -2.36. The van der Waals surface area contributed by atoms with Crippen LogP contribution in [0, 0.1) is 0 Å². The number of nitrogen functional groups attached to an aromatic ring is 1. The number of ether oxygens (including phenoxy) is 1. The zero-order valence-electron chi connectivity index (χ0n) is 13.0. The summed E-state index contributed by atoms with van der Waals surface area (Å²) in [5.41, 5.74) is 7.23. The van der Waals surface area contributed by atoms with E-state index in [1.54, 1.807) is 0 Å². The first-order chi connectivity index (χ1) is 9.31. The van der Waals surface area contributed by atoms with Gasteiger partial charge in [-0.15, -0.1) is 0 Å². The number of benzene rings is 1. The second-order valence-corrected chi connectivity index (χ2v) is 5.96. The van der Waals surface area contributed by atoms with Crippen molar-refractivity contribution >= 4 is 11.6 Å². The third kappa shape index (κ3) is 6.06. The highest BCUT2D eigenvalue weighted by Gasteiger charge is 2.17. The summed E-state index contributed by atoms with van der Waals surface area (Å²) in [5, 5.41) is 0. The normalized spacial score (nSPS) is 11.4. The lowest BCUT2D eigenvalue weighted by Gasteiger charge is -2.25. The Morgan fingerprint density at radius 2 is 2.05 bits per heavy atom. The molecule has 0 radical (unpaired) electrons. The van der Waals surface area contributed by atoms with Crippen LogP contribution in [0.1, 0.15) is 39.7 Å². The van der Waals surface area contributed by atoms with Crippen LogP contribution < -0.4 is 5.73 Å². The molecular formula is C16H26N2O2. The fourth-order valence-electron chi connectivity index (χ4n) is 1.84. The molecule has 0 aliphatic heterocycles. The van der Waals surface area contributed by atoms with Gasteiger partial charge in [0.05, 0.1) is 5.60 Å². The minimum absolute atomic E-state index is 0.0178. The molecule has 4 heteroatoms. The van der Waals surface area contributed by atoms with Crippen molar-refractivity contribution in [1.29, 1.82) is 0 Å². The van der Waals surface area contributed by atoms with E-state index in [4.69, 9.17) is 10.5 Å². The average Bonchev–Trinajstić information content (AvgIpc) is 2.34. The molecule has 112 valence electrons. The average molecular weight is 278 g/mol. The molecule has 1 amide bonds. The van der Waals surface area contributed by atoms with Crippen LogP contribution in [0.4, 0.5) is 5.69 Å². The predicted octanol–water partition coefficient (Wildman–Crippen LogP) is 2.82. The van der Waals surface area contributed by atoms with Gasteiger partial charge in [0.25, 0.3) is 0 Å². The molecule has 0 saturated heterocycles. The first-order valence-corrected chi connectivity index (χ1v) is 7.08. The van der Waals surface area contributed by atoms with Crippen molar-refractivity contribution in [3.8, 4) is 0 Å². The van der Waals surface area contributed by atoms with Crippen LogP contribution in [0.15, 0.2) is 24.3 Å². The SMILES string of the molecule is CCCN(Cc1cccc(N)c1)C(=O)COC(C)(C)C. The highest BCUT2D eigenvalue weighted by atomic mass is 16.5. The van der Waals surface area contributed by atoms with Gasteiger partial charge in [-0.25, -0.2) is 0 Å². The Hall–Kier alpha value is -1.55. The first-order valence-electron chi connectivity index (χ1n) is 7.08. The fraction of sp³-hybridized carbons (Fsp3) is 0.562. The maximum absolute atomic E-state index is 12.2. The van der Waals surface area contributed by atoms with Crippen molar-refractivity contribution in [2.75, 3.05) is 18.9 Å². The quantitative estimate of drug-likeness (QED) is 0.814. The predicted molar refractivity (Wildman–Crippen MR) is 82.3 cm³/mol. The van der Waals surface area contributed by atoms with E-state index in [1.165, 1.54) is 0 Å². The van der Waals surface area contributed by atoms with Gasteiger partial charge in [0.1, 0.15) is 6.61 Å². The van der Waals surface area contributed by atoms with E-state index < -0.39 is 0 Å². The summed E-state index contributed by atoms with van der Waals surface area (Å²) in [4.78, 5) is 14.1. The third-order valence-electron chi connectivity index (χ3n) is 2.80. The molecule has 0 bridgehead atoms.